The fraction of sp³-hybridized carbons (Fsp3) is 0.419. The molecule has 2 aromatic heterocycles. The number of nitrogens with one attached hydrogen (secondary N) is 3. The predicted octanol–water partition coefficient (Wildman–Crippen LogP) is 6.22. The first kappa shape index (κ1) is 31.4. The van der Waals surface area contributed by atoms with E-state index >= 15 is 0 Å². The van der Waals surface area contributed by atoms with Crippen LogP contribution in [0.5, 0.6) is 0 Å². The normalized spacial score (nSPS) is 12.6. The molecule has 39 heavy (non-hydrogen) atoms. The third kappa shape index (κ3) is 9.46. The van der Waals surface area contributed by atoms with Crippen LogP contribution in [0.2, 0.25) is 0 Å². The van der Waals surface area contributed by atoms with Crippen LogP contribution in [0.25, 0.3) is 12.2 Å². The molecule has 210 valence electrons. The summed E-state index contributed by atoms with van der Waals surface area (Å²) >= 11 is 0. The van der Waals surface area contributed by atoms with Gasteiger partial charge in [-0.3, -0.25) is 9.78 Å². The lowest BCUT2D eigenvalue weighted by atomic mass is 10.1. The van der Waals surface area contributed by atoms with Crippen molar-refractivity contribution in [3.8, 4) is 0 Å². The summed E-state index contributed by atoms with van der Waals surface area (Å²) in [5.41, 5.74) is 2.18. The molecular weight excluding hydrogens is 491 g/mol. The molecule has 3 N–H and O–H groups in total. The maximum absolute atomic E-state index is 14.8. The minimum atomic E-state index is -0.408. The van der Waals surface area contributed by atoms with E-state index in [1.165, 1.54) is 18.7 Å². The van der Waals surface area contributed by atoms with Crippen molar-refractivity contribution in [3.63, 3.8) is 0 Å². The van der Waals surface area contributed by atoms with Gasteiger partial charge in [-0.05, 0) is 62.4 Å². The Morgan fingerprint density at radius 1 is 1.03 bits per heavy atom. The summed E-state index contributed by atoms with van der Waals surface area (Å²) < 4.78 is 14.8. The SMILES string of the molecule is CC/C=c1/ncc(NC(C)c2cc(NC(=O)c3cnc(NC)c(C)c3)ccc2F)n/c1=C\CC(C)C.CCC. The van der Waals surface area contributed by atoms with Crippen LogP contribution in [-0.4, -0.2) is 27.9 Å². The lowest BCUT2D eigenvalue weighted by molar-refractivity contribution is 0.102. The molecule has 1 atom stereocenters. The van der Waals surface area contributed by atoms with Crippen molar-refractivity contribution in [2.45, 2.75) is 73.8 Å². The first-order valence-corrected chi connectivity index (χ1v) is 13.7. The Kier molecular flexibility index (Phi) is 12.5. The summed E-state index contributed by atoms with van der Waals surface area (Å²) in [6, 6.07) is 5.87. The molecule has 0 saturated heterocycles. The highest BCUT2D eigenvalue weighted by Crippen LogP contribution is 2.24. The molecule has 0 bridgehead atoms. The highest BCUT2D eigenvalue weighted by Gasteiger charge is 2.15. The number of anilines is 3. The van der Waals surface area contributed by atoms with E-state index in [0.29, 0.717) is 34.4 Å². The van der Waals surface area contributed by atoms with E-state index in [0.717, 1.165) is 29.1 Å². The maximum atomic E-state index is 14.8. The number of aromatic nitrogens is 3. The van der Waals surface area contributed by atoms with Gasteiger partial charge in [0, 0.05) is 24.5 Å². The number of nitrogens with zero attached hydrogens (tertiary/aromatic N) is 3. The standard InChI is InChI=1S/C28H35FN6O.C3H8/c1-7-8-24-25(12-9-17(2)3)35-26(16-31-24)33-19(5)22-14-21(10-11-23(22)29)34-28(36)20-13-18(4)27(30-6)32-15-20;1-3-2/h8,10-17,19H,7,9H2,1-6H3,(H,30,32)(H,33,35)(H,34,36);3H2,1-2H3/b24-8+,25-12-;. The van der Waals surface area contributed by atoms with Gasteiger partial charge in [0.1, 0.15) is 17.5 Å². The Morgan fingerprint density at radius 3 is 2.36 bits per heavy atom. The molecule has 0 saturated carbocycles. The van der Waals surface area contributed by atoms with Crippen molar-refractivity contribution in [2.75, 3.05) is 23.0 Å². The fourth-order valence-electron chi connectivity index (χ4n) is 3.75. The molecule has 1 amide bonds. The quantitative estimate of drug-likeness (QED) is 0.302. The largest absolute Gasteiger partial charge is 0.373 e. The van der Waals surface area contributed by atoms with Crippen molar-refractivity contribution in [1.29, 1.82) is 0 Å². The Bertz CT molecular complexity index is 1360. The molecule has 0 aliphatic heterocycles. The van der Waals surface area contributed by atoms with Gasteiger partial charge in [0.25, 0.3) is 5.91 Å². The van der Waals surface area contributed by atoms with E-state index in [4.69, 9.17) is 4.98 Å². The van der Waals surface area contributed by atoms with Gasteiger partial charge in [-0.2, -0.15) is 0 Å². The molecule has 0 radical (unpaired) electrons. The summed E-state index contributed by atoms with van der Waals surface area (Å²) in [7, 11) is 1.78. The first-order chi connectivity index (χ1) is 18.6. The Morgan fingerprint density at radius 2 is 1.74 bits per heavy atom. The third-order valence-corrected chi connectivity index (χ3v) is 5.67. The van der Waals surface area contributed by atoms with Crippen molar-refractivity contribution < 1.29 is 9.18 Å². The summed E-state index contributed by atoms with van der Waals surface area (Å²) in [5, 5.41) is 10.7. The highest BCUT2D eigenvalue weighted by atomic mass is 19.1. The number of halogens is 1. The van der Waals surface area contributed by atoms with Crippen LogP contribution in [0.3, 0.4) is 0 Å². The lowest BCUT2D eigenvalue weighted by Crippen LogP contribution is -2.32. The van der Waals surface area contributed by atoms with Crippen LogP contribution in [0.4, 0.5) is 21.7 Å². The topological polar surface area (TPSA) is 91.8 Å². The Labute approximate surface area is 232 Å². The highest BCUT2D eigenvalue weighted by molar-refractivity contribution is 6.04. The third-order valence-electron chi connectivity index (χ3n) is 5.67. The lowest BCUT2D eigenvalue weighted by Gasteiger charge is -2.17. The molecular formula is C31H43FN6O. The van der Waals surface area contributed by atoms with Gasteiger partial charge < -0.3 is 16.0 Å². The number of pyridine rings is 1. The van der Waals surface area contributed by atoms with E-state index < -0.39 is 6.04 Å². The molecule has 0 aliphatic rings. The van der Waals surface area contributed by atoms with Gasteiger partial charge in [0.05, 0.1) is 28.5 Å². The number of hydrogen-bond acceptors (Lipinski definition) is 6. The van der Waals surface area contributed by atoms with Gasteiger partial charge >= 0.3 is 0 Å². The van der Waals surface area contributed by atoms with Crippen LogP contribution in [0.15, 0.2) is 36.7 Å². The van der Waals surface area contributed by atoms with Crippen molar-refractivity contribution in [1.82, 2.24) is 15.0 Å². The minimum Gasteiger partial charge on any atom is -0.373 e. The van der Waals surface area contributed by atoms with E-state index in [9.17, 15) is 9.18 Å². The fourth-order valence-corrected chi connectivity index (χ4v) is 3.75. The van der Waals surface area contributed by atoms with Gasteiger partial charge in [-0.1, -0.05) is 53.2 Å². The number of amides is 1. The van der Waals surface area contributed by atoms with Crippen LogP contribution in [0.1, 0.15) is 88.3 Å². The average molecular weight is 535 g/mol. The smallest absolute Gasteiger partial charge is 0.257 e. The Hall–Kier alpha value is -3.81. The zero-order valence-electron chi connectivity index (χ0n) is 24.5. The zero-order valence-corrected chi connectivity index (χ0v) is 24.5. The molecule has 7 nitrogen and oxygen atoms in total. The van der Waals surface area contributed by atoms with E-state index in [-0.39, 0.29) is 11.7 Å². The summed E-state index contributed by atoms with van der Waals surface area (Å²) in [6.45, 7) is 14.3. The van der Waals surface area contributed by atoms with Crippen molar-refractivity contribution in [3.05, 3.63) is 69.9 Å². The molecule has 8 heteroatoms. The molecule has 3 rings (SSSR count). The second-order valence-corrected chi connectivity index (χ2v) is 9.87. The molecule has 1 unspecified atom stereocenters. The summed E-state index contributed by atoms with van der Waals surface area (Å²) in [4.78, 5) is 26.3. The molecule has 0 fully saturated rings. The molecule has 1 aromatic carbocycles. The van der Waals surface area contributed by atoms with Crippen LogP contribution in [0, 0.1) is 18.7 Å². The number of rotatable bonds is 9. The second kappa shape index (κ2) is 15.6. The van der Waals surface area contributed by atoms with E-state index in [1.807, 2.05) is 19.9 Å². The van der Waals surface area contributed by atoms with Crippen molar-refractivity contribution >= 4 is 35.4 Å². The van der Waals surface area contributed by atoms with Gasteiger partial charge in [0.2, 0.25) is 0 Å². The monoisotopic (exact) mass is 534 g/mol. The predicted molar refractivity (Wildman–Crippen MR) is 161 cm³/mol. The van der Waals surface area contributed by atoms with Gasteiger partial charge in [-0.25, -0.2) is 14.4 Å². The van der Waals surface area contributed by atoms with Crippen LogP contribution in [-0.2, 0) is 0 Å². The molecule has 0 aliphatic carbocycles. The van der Waals surface area contributed by atoms with E-state index in [1.54, 1.807) is 31.4 Å². The average Bonchev–Trinajstić information content (AvgIpc) is 2.90. The first-order valence-electron chi connectivity index (χ1n) is 13.7. The zero-order chi connectivity index (χ0) is 28.9. The number of carbonyl (C=O) groups excluding carboxylic acids is 1. The van der Waals surface area contributed by atoms with Crippen molar-refractivity contribution in [2.24, 2.45) is 5.92 Å². The Balaban J connectivity index is 0.00000170. The minimum absolute atomic E-state index is 0.314. The number of carbonyl (C=O) groups is 1. The second-order valence-electron chi connectivity index (χ2n) is 9.87. The number of benzene rings is 1. The number of aryl methyl sites for hydroxylation is 1. The van der Waals surface area contributed by atoms with Crippen LogP contribution < -0.4 is 26.6 Å². The molecule has 2 heterocycles. The maximum Gasteiger partial charge on any atom is 0.257 e. The van der Waals surface area contributed by atoms with Crippen LogP contribution >= 0.6 is 0 Å². The summed E-state index contributed by atoms with van der Waals surface area (Å²) in [6.07, 6.45) is 10.3. The van der Waals surface area contributed by atoms with Gasteiger partial charge in [-0.15, -0.1) is 0 Å². The molecule has 3 aromatic rings. The number of hydrogen-bond donors (Lipinski definition) is 3. The summed E-state index contributed by atoms with van der Waals surface area (Å²) in [5.74, 6) is 1.09. The van der Waals surface area contributed by atoms with E-state index in [2.05, 4.69) is 66.6 Å². The van der Waals surface area contributed by atoms with Gasteiger partial charge in [0.15, 0.2) is 0 Å². The molecule has 0 spiro atoms.